The van der Waals surface area contributed by atoms with Gasteiger partial charge in [-0.2, -0.15) is 0 Å². The lowest BCUT2D eigenvalue weighted by Crippen LogP contribution is -2.17. The molecule has 0 amide bonds. The maximum atomic E-state index is 12.8. The van der Waals surface area contributed by atoms with Crippen molar-refractivity contribution < 1.29 is 27.4 Å². The molecule has 0 saturated carbocycles. The van der Waals surface area contributed by atoms with E-state index >= 15 is 0 Å². The number of hydrogen-bond donors (Lipinski definition) is 0. The number of fused-ring (bicyclic) bond motifs is 3. The van der Waals surface area contributed by atoms with Crippen LogP contribution < -0.4 is 14.2 Å². The molecule has 33 heavy (non-hydrogen) atoms. The van der Waals surface area contributed by atoms with Crippen molar-refractivity contribution in [2.45, 2.75) is 19.8 Å². The normalized spacial score (nSPS) is 12.8. The number of pyridine rings is 1. The van der Waals surface area contributed by atoms with Crippen LogP contribution in [0.4, 0.5) is 13.2 Å². The van der Waals surface area contributed by atoms with E-state index in [1.165, 1.54) is 18.2 Å². The van der Waals surface area contributed by atoms with Crippen LogP contribution in [0.5, 0.6) is 23.3 Å². The van der Waals surface area contributed by atoms with Crippen molar-refractivity contribution in [3.8, 4) is 45.8 Å². The Kier molecular flexibility index (Phi) is 5.12. The molecule has 1 aliphatic rings. The number of para-hydroxylation sites is 2. The molecule has 0 aliphatic carbocycles. The highest BCUT2D eigenvalue weighted by Crippen LogP contribution is 2.39. The largest absolute Gasteiger partial charge is 0.573 e. The van der Waals surface area contributed by atoms with Gasteiger partial charge in [-0.1, -0.05) is 23.3 Å². The highest BCUT2D eigenvalue weighted by atomic mass is 19.4. The number of aromatic nitrogens is 4. The Bertz CT molecular complexity index is 1320. The smallest absolute Gasteiger partial charge is 0.491 e. The molecule has 0 saturated heterocycles. The number of rotatable bonds is 4. The van der Waals surface area contributed by atoms with Gasteiger partial charge in [-0.15, -0.1) is 18.3 Å². The first kappa shape index (κ1) is 20.8. The summed E-state index contributed by atoms with van der Waals surface area (Å²) in [6.07, 6.45) is -3.11. The molecule has 5 rings (SSSR count). The maximum Gasteiger partial charge on any atom is 0.573 e. The van der Waals surface area contributed by atoms with E-state index in [9.17, 15) is 13.2 Å². The summed E-state index contributed by atoms with van der Waals surface area (Å²) in [4.78, 5) is 4.23. The summed E-state index contributed by atoms with van der Waals surface area (Å²) in [6, 6.07) is 15.1. The molecule has 0 unspecified atom stereocenters. The van der Waals surface area contributed by atoms with Crippen LogP contribution in [-0.4, -0.2) is 32.7 Å². The second-order valence-corrected chi connectivity index (χ2v) is 7.30. The van der Waals surface area contributed by atoms with Gasteiger partial charge in [0.2, 0.25) is 0 Å². The Morgan fingerprint density at radius 2 is 1.76 bits per heavy atom. The monoisotopic (exact) mass is 454 g/mol. The third-order valence-electron chi connectivity index (χ3n) is 5.02. The summed E-state index contributed by atoms with van der Waals surface area (Å²) in [6.45, 7) is 2.57. The van der Waals surface area contributed by atoms with E-state index in [-0.39, 0.29) is 11.8 Å². The van der Waals surface area contributed by atoms with Gasteiger partial charge in [-0.25, -0.2) is 0 Å². The van der Waals surface area contributed by atoms with Gasteiger partial charge in [0, 0.05) is 11.9 Å². The molecule has 0 bridgehead atoms. The van der Waals surface area contributed by atoms with E-state index in [0.717, 1.165) is 16.8 Å². The maximum absolute atomic E-state index is 12.8. The van der Waals surface area contributed by atoms with Crippen LogP contribution in [0.15, 0.2) is 60.8 Å². The van der Waals surface area contributed by atoms with Gasteiger partial charge in [0.25, 0.3) is 0 Å². The molecule has 2 aromatic carbocycles. The molecule has 3 heterocycles. The van der Waals surface area contributed by atoms with E-state index in [0.29, 0.717) is 30.3 Å². The number of hydrogen-bond acceptors (Lipinski definition) is 6. The van der Waals surface area contributed by atoms with Crippen molar-refractivity contribution in [3.63, 3.8) is 0 Å². The molecule has 0 atom stereocenters. The van der Waals surface area contributed by atoms with Crippen LogP contribution in [0, 0.1) is 6.92 Å². The molecule has 1 aliphatic heterocycles. The number of halogens is 3. The number of alkyl halides is 3. The van der Waals surface area contributed by atoms with Crippen LogP contribution in [0.2, 0.25) is 0 Å². The van der Waals surface area contributed by atoms with Crippen LogP contribution >= 0.6 is 0 Å². The first-order valence-corrected chi connectivity index (χ1v) is 10.0. The van der Waals surface area contributed by atoms with Gasteiger partial charge in [0.15, 0.2) is 17.3 Å². The summed E-state index contributed by atoms with van der Waals surface area (Å²) in [5.74, 6) is 0.516. The Hall–Kier alpha value is -4.08. The first-order valence-electron chi connectivity index (χ1n) is 10.0. The number of benzene rings is 2. The topological polar surface area (TPSA) is 71.3 Å². The fourth-order valence-corrected chi connectivity index (χ4v) is 3.59. The Labute approximate surface area is 186 Å². The lowest BCUT2D eigenvalue weighted by atomic mass is 10.0. The summed E-state index contributed by atoms with van der Waals surface area (Å²) in [5, 5.41) is 8.32. The molecule has 2 aromatic heterocycles. The van der Waals surface area contributed by atoms with Gasteiger partial charge < -0.3 is 14.2 Å². The SMILES string of the molecule is Cc1cc(-c2ccc3c(c2)-c2nnc(Oc4ccccc4OC(F)(F)F)n2CCO3)ccn1. The summed E-state index contributed by atoms with van der Waals surface area (Å²) in [5.41, 5.74) is 3.50. The first-order chi connectivity index (χ1) is 15.9. The average molecular weight is 454 g/mol. The molecule has 10 heteroatoms. The molecule has 4 aromatic rings. The Morgan fingerprint density at radius 3 is 2.55 bits per heavy atom. The Morgan fingerprint density at radius 1 is 0.970 bits per heavy atom. The van der Waals surface area contributed by atoms with Gasteiger partial charge in [-0.05, 0) is 54.4 Å². The van der Waals surface area contributed by atoms with Crippen molar-refractivity contribution in [1.29, 1.82) is 0 Å². The number of nitrogens with zero attached hydrogens (tertiary/aromatic N) is 4. The highest BCUT2D eigenvalue weighted by Gasteiger charge is 2.33. The fraction of sp³-hybridized carbons (Fsp3) is 0.174. The average Bonchev–Trinajstić information content (AvgIpc) is 3.07. The summed E-state index contributed by atoms with van der Waals surface area (Å²) < 4.78 is 55.6. The van der Waals surface area contributed by atoms with Crippen molar-refractivity contribution in [3.05, 3.63) is 66.5 Å². The summed E-state index contributed by atoms with van der Waals surface area (Å²) >= 11 is 0. The molecule has 0 fully saturated rings. The number of ether oxygens (including phenoxy) is 3. The molecular formula is C23H17F3N4O3. The van der Waals surface area contributed by atoms with E-state index in [1.807, 2.05) is 37.3 Å². The minimum Gasteiger partial charge on any atom is -0.491 e. The van der Waals surface area contributed by atoms with Crippen molar-refractivity contribution >= 4 is 0 Å². The zero-order valence-electron chi connectivity index (χ0n) is 17.3. The Balaban J connectivity index is 1.53. The molecular weight excluding hydrogens is 437 g/mol. The molecule has 168 valence electrons. The van der Waals surface area contributed by atoms with Crippen LogP contribution in [0.1, 0.15) is 5.69 Å². The van der Waals surface area contributed by atoms with E-state index < -0.39 is 12.1 Å². The quantitative estimate of drug-likeness (QED) is 0.411. The molecule has 7 nitrogen and oxygen atoms in total. The lowest BCUT2D eigenvalue weighted by Gasteiger charge is -2.13. The lowest BCUT2D eigenvalue weighted by molar-refractivity contribution is -0.275. The zero-order chi connectivity index (χ0) is 23.0. The standard InChI is InChI=1S/C23H17F3N4O3/c1-14-12-16(8-9-27-14)15-6-7-18-17(13-15)21-28-29-22(30(21)10-11-31-18)32-19-4-2-3-5-20(19)33-23(24,25)26/h2-9,12-13H,10-11H2,1H3. The second kappa shape index (κ2) is 8.12. The molecule has 0 radical (unpaired) electrons. The molecule has 0 N–H and O–H groups in total. The van der Waals surface area contributed by atoms with Gasteiger partial charge in [0.1, 0.15) is 12.4 Å². The third-order valence-corrected chi connectivity index (χ3v) is 5.02. The zero-order valence-corrected chi connectivity index (χ0v) is 17.3. The van der Waals surface area contributed by atoms with Crippen LogP contribution in [0.3, 0.4) is 0 Å². The minimum atomic E-state index is -4.85. The highest BCUT2D eigenvalue weighted by molar-refractivity contribution is 5.75. The number of aryl methyl sites for hydroxylation is 1. The van der Waals surface area contributed by atoms with E-state index in [4.69, 9.17) is 9.47 Å². The van der Waals surface area contributed by atoms with Gasteiger partial charge in [-0.3, -0.25) is 9.55 Å². The van der Waals surface area contributed by atoms with Crippen LogP contribution in [0.25, 0.3) is 22.5 Å². The van der Waals surface area contributed by atoms with E-state index in [2.05, 4.69) is 19.9 Å². The molecule has 0 spiro atoms. The second-order valence-electron chi connectivity index (χ2n) is 7.30. The predicted octanol–water partition coefficient (Wildman–Crippen LogP) is 5.40. The fourth-order valence-electron chi connectivity index (χ4n) is 3.59. The van der Waals surface area contributed by atoms with Crippen molar-refractivity contribution in [2.24, 2.45) is 0 Å². The van der Waals surface area contributed by atoms with Gasteiger partial charge in [0.05, 0.1) is 12.1 Å². The van der Waals surface area contributed by atoms with Crippen molar-refractivity contribution in [2.75, 3.05) is 6.61 Å². The third kappa shape index (κ3) is 4.32. The summed E-state index contributed by atoms with van der Waals surface area (Å²) in [7, 11) is 0. The van der Waals surface area contributed by atoms with Gasteiger partial charge >= 0.3 is 12.4 Å². The minimum absolute atomic E-state index is 0.0323. The predicted molar refractivity (Wildman–Crippen MR) is 112 cm³/mol. The van der Waals surface area contributed by atoms with Crippen molar-refractivity contribution in [1.82, 2.24) is 19.7 Å². The van der Waals surface area contributed by atoms with Crippen LogP contribution in [-0.2, 0) is 6.54 Å². The van der Waals surface area contributed by atoms with E-state index in [1.54, 1.807) is 16.8 Å².